The predicted molar refractivity (Wildman–Crippen MR) is 181 cm³/mol. The summed E-state index contributed by atoms with van der Waals surface area (Å²) < 4.78 is 69.0. The second-order valence-electron chi connectivity index (χ2n) is 13.6. The Balaban J connectivity index is 1.64. The first-order valence-electron chi connectivity index (χ1n) is 15.7. The fourth-order valence-corrected chi connectivity index (χ4v) is 6.28. The molecule has 0 fully saturated rings. The maximum Gasteiger partial charge on any atom is 0.331 e. The number of ether oxygens (including phenoxy) is 2. The number of carbonyl (C=O) groups excluding carboxylic acids is 2. The third-order valence-electron chi connectivity index (χ3n) is 7.43. The zero-order valence-corrected chi connectivity index (χ0v) is 30.8. The van der Waals surface area contributed by atoms with Gasteiger partial charge in [-0.2, -0.15) is 16.8 Å². The van der Waals surface area contributed by atoms with Crippen LogP contribution < -0.4 is 0 Å². The molecule has 12 nitrogen and oxygen atoms in total. The van der Waals surface area contributed by atoms with Crippen molar-refractivity contribution in [2.24, 2.45) is 0 Å². The van der Waals surface area contributed by atoms with E-state index in [-0.39, 0.29) is 87.7 Å². The minimum Gasteiger partial charge on any atom is -0.507 e. The number of hydrogen-bond donors (Lipinski definition) is 2. The standard InChI is InChI=1S/C34H50O12S2/c1-23-19-25(21-27(31(23)37)33(3,4)5)9-11-29(35)47(39,40)45-17-15-43-13-14-44-16-18-46-48(41,42)30(36)12-10-26-20-24(2)32(38)28(22-26)34(6,7)8/h19-22,37-38H,9-18H2,1-8H3. The summed E-state index contributed by atoms with van der Waals surface area (Å²) in [6.45, 7) is 14.2. The van der Waals surface area contributed by atoms with E-state index >= 15 is 0 Å². The molecule has 0 aromatic heterocycles. The van der Waals surface area contributed by atoms with Crippen molar-refractivity contribution >= 4 is 30.5 Å². The molecule has 270 valence electrons. The van der Waals surface area contributed by atoms with Crippen molar-refractivity contribution in [2.75, 3.05) is 39.6 Å². The van der Waals surface area contributed by atoms with Gasteiger partial charge >= 0.3 is 20.2 Å². The van der Waals surface area contributed by atoms with Crippen molar-refractivity contribution in [3.8, 4) is 11.5 Å². The Labute approximate surface area is 285 Å². The quantitative estimate of drug-likeness (QED) is 0.171. The van der Waals surface area contributed by atoms with Crippen molar-refractivity contribution in [2.45, 2.75) is 91.9 Å². The highest BCUT2D eigenvalue weighted by Crippen LogP contribution is 2.35. The van der Waals surface area contributed by atoms with E-state index in [0.717, 1.165) is 11.1 Å². The van der Waals surface area contributed by atoms with Gasteiger partial charge in [0.05, 0.1) is 39.6 Å². The van der Waals surface area contributed by atoms with E-state index in [9.17, 15) is 36.6 Å². The van der Waals surface area contributed by atoms with Gasteiger partial charge in [-0.15, -0.1) is 0 Å². The van der Waals surface area contributed by atoms with Gasteiger partial charge in [0, 0.05) is 12.8 Å². The second-order valence-corrected chi connectivity index (χ2v) is 16.8. The minimum atomic E-state index is -4.46. The zero-order chi connectivity index (χ0) is 36.5. The van der Waals surface area contributed by atoms with E-state index < -0.39 is 30.5 Å². The zero-order valence-electron chi connectivity index (χ0n) is 29.2. The summed E-state index contributed by atoms with van der Waals surface area (Å²) in [5.74, 6) is 0.353. The van der Waals surface area contributed by atoms with E-state index in [4.69, 9.17) is 17.8 Å². The summed E-state index contributed by atoms with van der Waals surface area (Å²) >= 11 is 0. The monoisotopic (exact) mass is 714 g/mol. The Morgan fingerprint density at radius 2 is 0.896 bits per heavy atom. The van der Waals surface area contributed by atoms with Crippen molar-refractivity contribution in [3.05, 3.63) is 57.6 Å². The van der Waals surface area contributed by atoms with Crippen LogP contribution in [0.1, 0.15) is 87.8 Å². The lowest BCUT2D eigenvalue weighted by atomic mass is 9.83. The summed E-state index contributed by atoms with van der Waals surface area (Å²) in [6.07, 6.45) is -0.248. The van der Waals surface area contributed by atoms with Crippen LogP contribution in [0, 0.1) is 13.8 Å². The fraction of sp³-hybridized carbons (Fsp3) is 0.588. The van der Waals surface area contributed by atoms with E-state index in [1.807, 2.05) is 41.5 Å². The lowest BCUT2D eigenvalue weighted by Crippen LogP contribution is -2.22. The van der Waals surface area contributed by atoms with E-state index in [2.05, 4.69) is 0 Å². The van der Waals surface area contributed by atoms with Crippen LogP contribution in [0.15, 0.2) is 24.3 Å². The molecule has 0 aliphatic rings. The van der Waals surface area contributed by atoms with Gasteiger partial charge in [-0.05, 0) is 70.9 Å². The van der Waals surface area contributed by atoms with Crippen LogP contribution in [-0.2, 0) is 71.3 Å². The Bertz CT molecular complexity index is 1520. The largest absolute Gasteiger partial charge is 0.507 e. The average molecular weight is 715 g/mol. The van der Waals surface area contributed by atoms with Crippen molar-refractivity contribution < 1.29 is 54.5 Å². The van der Waals surface area contributed by atoms with Crippen LogP contribution in [0.4, 0.5) is 0 Å². The predicted octanol–water partition coefficient (Wildman–Crippen LogP) is 4.65. The number of phenols is 2. The van der Waals surface area contributed by atoms with Crippen LogP contribution >= 0.6 is 0 Å². The lowest BCUT2D eigenvalue weighted by Gasteiger charge is -2.22. The number of aryl methyl sites for hydroxylation is 4. The molecule has 0 aliphatic carbocycles. The number of rotatable bonds is 17. The molecule has 0 amide bonds. The SMILES string of the molecule is Cc1cc(CCC(=O)S(=O)(=O)OCCOCCOCCOS(=O)(=O)C(=O)CCc2cc(C)c(O)c(C(C)(C)C)c2)cc(C(C)(C)C)c1O. The second kappa shape index (κ2) is 17.2. The molecule has 2 aromatic carbocycles. The number of aromatic hydroxyl groups is 2. The van der Waals surface area contributed by atoms with Crippen LogP contribution in [0.5, 0.6) is 11.5 Å². The third kappa shape index (κ3) is 12.5. The highest BCUT2D eigenvalue weighted by Gasteiger charge is 2.26. The molecule has 2 N–H and O–H groups in total. The summed E-state index contributed by atoms with van der Waals surface area (Å²) in [7, 11) is -8.91. The summed E-state index contributed by atoms with van der Waals surface area (Å²) in [5, 5.41) is 18.6. The molecule has 0 unspecified atom stereocenters. The summed E-state index contributed by atoms with van der Waals surface area (Å²) in [4.78, 5) is 24.6. The molecule has 14 heteroatoms. The number of carbonyl (C=O) groups is 2. The maximum absolute atomic E-state index is 12.3. The Kier molecular flexibility index (Phi) is 14.8. The van der Waals surface area contributed by atoms with Crippen LogP contribution in [-0.4, -0.2) is 76.9 Å². The molecule has 0 aliphatic heterocycles. The molecule has 0 saturated carbocycles. The minimum absolute atomic E-state index is 0.0297. The van der Waals surface area contributed by atoms with E-state index in [1.54, 1.807) is 38.1 Å². The average Bonchev–Trinajstić information content (AvgIpc) is 2.97. The smallest absolute Gasteiger partial charge is 0.331 e. The van der Waals surface area contributed by atoms with Gasteiger partial charge in [0.15, 0.2) is 0 Å². The molecular weight excluding hydrogens is 664 g/mol. The van der Waals surface area contributed by atoms with Gasteiger partial charge in [-0.3, -0.25) is 18.0 Å². The molecule has 48 heavy (non-hydrogen) atoms. The fourth-order valence-electron chi connectivity index (χ4n) is 4.74. The number of benzene rings is 2. The van der Waals surface area contributed by atoms with Gasteiger partial charge in [-0.1, -0.05) is 65.8 Å². The van der Waals surface area contributed by atoms with E-state index in [0.29, 0.717) is 22.3 Å². The van der Waals surface area contributed by atoms with Gasteiger partial charge in [0.1, 0.15) is 11.5 Å². The van der Waals surface area contributed by atoms with Gasteiger partial charge < -0.3 is 19.7 Å². The summed E-state index contributed by atoms with van der Waals surface area (Å²) in [5.41, 5.74) is 3.48. The molecule has 0 atom stereocenters. The molecule has 2 aromatic rings. The first-order valence-corrected chi connectivity index (χ1v) is 18.5. The first kappa shape index (κ1) is 41.3. The topological polar surface area (TPSA) is 180 Å². The van der Waals surface area contributed by atoms with Crippen molar-refractivity contribution in [3.63, 3.8) is 0 Å². The molecule has 0 bridgehead atoms. The van der Waals surface area contributed by atoms with Crippen LogP contribution in [0.2, 0.25) is 0 Å². The molecule has 0 spiro atoms. The van der Waals surface area contributed by atoms with Crippen LogP contribution in [0.25, 0.3) is 0 Å². The Hall–Kier alpha value is -2.88. The molecule has 0 radical (unpaired) electrons. The van der Waals surface area contributed by atoms with Gasteiger partial charge in [0.2, 0.25) is 0 Å². The Morgan fingerprint density at radius 3 is 1.21 bits per heavy atom. The van der Waals surface area contributed by atoms with E-state index in [1.165, 1.54) is 0 Å². The normalized spacial score (nSPS) is 12.8. The highest BCUT2D eigenvalue weighted by molar-refractivity contribution is 8.02. The van der Waals surface area contributed by atoms with Gasteiger partial charge in [-0.25, -0.2) is 0 Å². The lowest BCUT2D eigenvalue weighted by molar-refractivity contribution is -0.113. The number of hydrogen-bond acceptors (Lipinski definition) is 12. The molecular formula is C34H50O12S2. The third-order valence-corrected chi connectivity index (χ3v) is 9.91. The van der Waals surface area contributed by atoms with Gasteiger partial charge in [0.25, 0.3) is 10.2 Å². The molecule has 0 saturated heterocycles. The first-order chi connectivity index (χ1) is 22.1. The molecule has 2 rings (SSSR count). The number of phenolic OH excluding ortho intramolecular Hbond substituents is 2. The molecule has 0 heterocycles. The maximum atomic E-state index is 12.3. The Morgan fingerprint density at radius 1 is 0.583 bits per heavy atom. The highest BCUT2D eigenvalue weighted by atomic mass is 32.2. The van der Waals surface area contributed by atoms with Crippen molar-refractivity contribution in [1.29, 1.82) is 0 Å². The summed E-state index contributed by atoms with van der Waals surface area (Å²) in [6, 6.07) is 6.98. The van der Waals surface area contributed by atoms with Crippen molar-refractivity contribution in [1.82, 2.24) is 0 Å². The van der Waals surface area contributed by atoms with Crippen LogP contribution in [0.3, 0.4) is 0 Å².